The Morgan fingerprint density at radius 1 is 1.16 bits per heavy atom. The highest BCUT2D eigenvalue weighted by Crippen LogP contribution is 2.52. The zero-order valence-corrected chi connectivity index (χ0v) is 18.1. The standard InChI is InChI=1S/C24H23FN4O3/c1-14(2)13-28-20-9-4-15(25)10-18(20)24(23(28)31)11-21(30)27-22-19(24)12-26-29(22)16-5-7-17(32-3)8-6-16/h4-10,12,14H,11,13H2,1-3H3,(H,27,30)/t24-/m0/s1. The lowest BCUT2D eigenvalue weighted by Crippen LogP contribution is -2.47. The summed E-state index contributed by atoms with van der Waals surface area (Å²) in [7, 11) is 1.58. The summed E-state index contributed by atoms with van der Waals surface area (Å²) in [5.74, 6) is 0.319. The number of fused-ring (bicyclic) bond motifs is 4. The number of carbonyl (C=O) groups is 2. The largest absolute Gasteiger partial charge is 0.497 e. The Balaban J connectivity index is 1.72. The molecule has 0 unspecified atom stereocenters. The van der Waals surface area contributed by atoms with E-state index in [-0.39, 0.29) is 24.2 Å². The number of methoxy groups -OCH3 is 1. The minimum absolute atomic E-state index is 0.0990. The van der Waals surface area contributed by atoms with E-state index in [1.54, 1.807) is 41.1 Å². The molecule has 32 heavy (non-hydrogen) atoms. The third kappa shape index (κ3) is 2.82. The summed E-state index contributed by atoms with van der Waals surface area (Å²) in [6.07, 6.45) is 1.50. The fourth-order valence-corrected chi connectivity index (χ4v) is 4.73. The Morgan fingerprint density at radius 3 is 2.59 bits per heavy atom. The fourth-order valence-electron chi connectivity index (χ4n) is 4.73. The van der Waals surface area contributed by atoms with E-state index in [0.29, 0.717) is 40.6 Å². The van der Waals surface area contributed by atoms with Crippen LogP contribution in [-0.2, 0) is 15.0 Å². The first kappa shape index (κ1) is 20.2. The Kier molecular flexibility index (Phi) is 4.54. The van der Waals surface area contributed by atoms with Crippen molar-refractivity contribution in [3.63, 3.8) is 0 Å². The third-order valence-corrected chi connectivity index (χ3v) is 6.10. The Morgan fingerprint density at radius 2 is 1.91 bits per heavy atom. The Hall–Kier alpha value is -3.68. The molecule has 1 atom stereocenters. The van der Waals surface area contributed by atoms with Crippen molar-refractivity contribution in [1.29, 1.82) is 0 Å². The van der Waals surface area contributed by atoms with Gasteiger partial charge in [0.25, 0.3) is 0 Å². The summed E-state index contributed by atoms with van der Waals surface area (Å²) in [5.41, 5.74) is 1.11. The molecule has 2 aromatic carbocycles. The number of anilines is 2. The minimum atomic E-state index is -1.31. The molecular weight excluding hydrogens is 411 g/mol. The van der Waals surface area contributed by atoms with Crippen molar-refractivity contribution in [1.82, 2.24) is 9.78 Å². The van der Waals surface area contributed by atoms with Gasteiger partial charge in [-0.15, -0.1) is 0 Å². The fraction of sp³-hybridized carbons (Fsp3) is 0.292. The first-order valence-electron chi connectivity index (χ1n) is 10.5. The first-order chi connectivity index (χ1) is 15.3. The van der Waals surface area contributed by atoms with Crippen molar-refractivity contribution in [2.45, 2.75) is 25.7 Å². The summed E-state index contributed by atoms with van der Waals surface area (Å²) >= 11 is 0. The van der Waals surface area contributed by atoms with Crippen LogP contribution in [0.25, 0.3) is 5.69 Å². The zero-order chi connectivity index (χ0) is 22.6. The van der Waals surface area contributed by atoms with Crippen molar-refractivity contribution >= 4 is 23.3 Å². The molecule has 0 bridgehead atoms. The maximum Gasteiger partial charge on any atom is 0.242 e. The lowest BCUT2D eigenvalue weighted by Gasteiger charge is -2.32. The van der Waals surface area contributed by atoms with Crippen LogP contribution in [-0.4, -0.2) is 35.2 Å². The lowest BCUT2D eigenvalue weighted by molar-refractivity contribution is -0.126. The second-order valence-electron chi connectivity index (χ2n) is 8.62. The number of benzene rings is 2. The number of amides is 2. The maximum atomic E-state index is 14.4. The average Bonchev–Trinajstić information content (AvgIpc) is 3.28. The number of hydrogen-bond acceptors (Lipinski definition) is 4. The Bertz CT molecular complexity index is 1230. The van der Waals surface area contributed by atoms with Crippen LogP contribution < -0.4 is 15.0 Å². The second-order valence-corrected chi connectivity index (χ2v) is 8.62. The number of hydrogen-bond donors (Lipinski definition) is 1. The molecule has 1 N–H and O–H groups in total. The first-order valence-corrected chi connectivity index (χ1v) is 10.5. The molecule has 0 aliphatic carbocycles. The van der Waals surface area contributed by atoms with Crippen molar-refractivity contribution in [2.24, 2.45) is 5.92 Å². The van der Waals surface area contributed by atoms with Crippen LogP contribution in [0.5, 0.6) is 5.75 Å². The second kappa shape index (κ2) is 7.19. The monoisotopic (exact) mass is 434 g/mol. The van der Waals surface area contributed by atoms with E-state index in [1.165, 1.54) is 12.1 Å². The van der Waals surface area contributed by atoms with Gasteiger partial charge < -0.3 is 15.0 Å². The van der Waals surface area contributed by atoms with Gasteiger partial charge in [0.15, 0.2) is 0 Å². The molecule has 5 rings (SSSR count). The van der Waals surface area contributed by atoms with Crippen LogP contribution in [0.4, 0.5) is 15.9 Å². The summed E-state index contributed by atoms with van der Waals surface area (Å²) in [4.78, 5) is 28.5. The maximum absolute atomic E-state index is 14.4. The molecule has 0 saturated heterocycles. The number of carbonyl (C=O) groups excluding carboxylic acids is 2. The van der Waals surface area contributed by atoms with Gasteiger partial charge in [0.1, 0.15) is 22.8 Å². The molecule has 164 valence electrons. The van der Waals surface area contributed by atoms with E-state index in [4.69, 9.17) is 4.74 Å². The van der Waals surface area contributed by atoms with Crippen LogP contribution in [0.1, 0.15) is 31.4 Å². The van der Waals surface area contributed by atoms with Crippen LogP contribution in [0.15, 0.2) is 48.7 Å². The highest BCUT2D eigenvalue weighted by Gasteiger charge is 2.57. The van der Waals surface area contributed by atoms with Gasteiger partial charge in [0, 0.05) is 24.2 Å². The SMILES string of the molecule is COc1ccc(-n2ncc3c2NC(=O)C[C@@]32C(=O)N(CC(C)C)c3ccc(F)cc32)cc1. The zero-order valence-electron chi connectivity index (χ0n) is 18.1. The predicted molar refractivity (Wildman–Crippen MR) is 118 cm³/mol. The molecule has 7 nitrogen and oxygen atoms in total. The smallest absolute Gasteiger partial charge is 0.242 e. The van der Waals surface area contributed by atoms with Crippen molar-refractivity contribution in [3.8, 4) is 11.4 Å². The average molecular weight is 434 g/mol. The highest BCUT2D eigenvalue weighted by molar-refractivity contribution is 6.15. The molecule has 2 aliphatic rings. The van der Waals surface area contributed by atoms with Crippen LogP contribution in [0.2, 0.25) is 0 Å². The molecule has 1 aromatic heterocycles. The van der Waals surface area contributed by atoms with Gasteiger partial charge in [-0.3, -0.25) is 9.59 Å². The number of nitrogens with one attached hydrogen (secondary N) is 1. The number of nitrogens with zero attached hydrogens (tertiary/aromatic N) is 3. The molecule has 3 aromatic rings. The molecule has 8 heteroatoms. The van der Waals surface area contributed by atoms with Crippen molar-refractivity contribution < 1.29 is 18.7 Å². The summed E-state index contributed by atoms with van der Waals surface area (Å²) in [6, 6.07) is 11.6. The lowest BCUT2D eigenvalue weighted by atomic mass is 9.71. The van der Waals surface area contributed by atoms with Gasteiger partial charge in [-0.2, -0.15) is 5.10 Å². The van der Waals surface area contributed by atoms with Gasteiger partial charge in [0.2, 0.25) is 11.8 Å². The Labute approximate surface area is 184 Å². The molecule has 0 saturated carbocycles. The van der Waals surface area contributed by atoms with Gasteiger partial charge >= 0.3 is 0 Å². The molecule has 3 heterocycles. The third-order valence-electron chi connectivity index (χ3n) is 6.10. The minimum Gasteiger partial charge on any atom is -0.497 e. The summed E-state index contributed by atoms with van der Waals surface area (Å²) < 4.78 is 21.2. The van der Waals surface area contributed by atoms with Gasteiger partial charge in [-0.05, 0) is 53.9 Å². The summed E-state index contributed by atoms with van der Waals surface area (Å²) in [5, 5.41) is 7.36. The van der Waals surface area contributed by atoms with Crippen LogP contribution in [0.3, 0.4) is 0 Å². The number of rotatable bonds is 4. The molecule has 1 spiro atoms. The van der Waals surface area contributed by atoms with E-state index in [1.807, 2.05) is 26.0 Å². The number of aromatic nitrogens is 2. The molecular formula is C24H23FN4O3. The van der Waals surface area contributed by atoms with E-state index >= 15 is 0 Å². The van der Waals surface area contributed by atoms with Crippen molar-refractivity contribution in [3.05, 3.63) is 65.6 Å². The van der Waals surface area contributed by atoms with E-state index in [9.17, 15) is 14.0 Å². The van der Waals surface area contributed by atoms with Crippen LogP contribution in [0, 0.1) is 11.7 Å². The predicted octanol–water partition coefficient (Wildman–Crippen LogP) is 3.65. The molecule has 0 radical (unpaired) electrons. The number of ether oxygens (including phenoxy) is 1. The topological polar surface area (TPSA) is 76.5 Å². The molecule has 0 fully saturated rings. The number of halogens is 1. The quantitative estimate of drug-likeness (QED) is 0.680. The summed E-state index contributed by atoms with van der Waals surface area (Å²) in [6.45, 7) is 4.51. The van der Waals surface area contributed by atoms with Crippen molar-refractivity contribution in [2.75, 3.05) is 23.9 Å². The van der Waals surface area contributed by atoms with Gasteiger partial charge in [0.05, 0.1) is 19.0 Å². The highest BCUT2D eigenvalue weighted by atomic mass is 19.1. The van der Waals surface area contributed by atoms with E-state index in [2.05, 4.69) is 10.4 Å². The molecule has 2 aliphatic heterocycles. The van der Waals surface area contributed by atoms with Gasteiger partial charge in [-0.1, -0.05) is 13.8 Å². The van der Waals surface area contributed by atoms with E-state index in [0.717, 1.165) is 0 Å². The van der Waals surface area contributed by atoms with Crippen LogP contribution >= 0.6 is 0 Å². The normalized spacial score (nSPS) is 19.3. The van der Waals surface area contributed by atoms with E-state index < -0.39 is 11.2 Å². The molecule has 2 amide bonds. The van der Waals surface area contributed by atoms with Gasteiger partial charge in [-0.25, -0.2) is 9.07 Å².